The first-order valence-electron chi connectivity index (χ1n) is 6.52. The molecule has 2 aliphatic carbocycles. The number of carbonyl (C=O) groups excluding carboxylic acids is 2. The van der Waals surface area contributed by atoms with Crippen molar-refractivity contribution in [1.29, 1.82) is 0 Å². The lowest BCUT2D eigenvalue weighted by atomic mass is 9.70. The molecule has 1 N–H and O–H groups in total. The lowest BCUT2D eigenvalue weighted by Gasteiger charge is -2.31. The van der Waals surface area contributed by atoms with Crippen LogP contribution in [0.2, 0.25) is 0 Å². The maximum absolute atomic E-state index is 12.4. The van der Waals surface area contributed by atoms with Crippen LogP contribution in [0.3, 0.4) is 0 Å². The van der Waals surface area contributed by atoms with E-state index in [1.807, 2.05) is 6.92 Å². The smallest absolute Gasteiger partial charge is 0.411 e. The van der Waals surface area contributed by atoms with Gasteiger partial charge in [0.25, 0.3) is 0 Å². The third-order valence-electron chi connectivity index (χ3n) is 4.99. The van der Waals surface area contributed by atoms with Crippen molar-refractivity contribution < 1.29 is 14.3 Å². The van der Waals surface area contributed by atoms with Gasteiger partial charge in [-0.05, 0) is 31.1 Å². The van der Waals surface area contributed by atoms with Gasteiger partial charge in [-0.2, -0.15) is 0 Å². The third-order valence-corrected chi connectivity index (χ3v) is 4.99. The van der Waals surface area contributed by atoms with Crippen molar-refractivity contribution in [2.24, 2.45) is 16.7 Å². The molecule has 2 fully saturated rings. The number of ether oxygens (including phenoxy) is 1. The Labute approximate surface area is 108 Å². The quantitative estimate of drug-likeness (QED) is 0.768. The first-order valence-corrected chi connectivity index (χ1v) is 6.52. The number of fused-ring (bicyclic) bond motifs is 2. The summed E-state index contributed by atoms with van der Waals surface area (Å²) in [6, 6.07) is 0. The molecule has 0 aromatic heterocycles. The number of nitrogens with one attached hydrogen (secondary N) is 1. The lowest BCUT2D eigenvalue weighted by molar-refractivity contribution is -0.125. The van der Waals surface area contributed by atoms with Crippen molar-refractivity contribution in [3.8, 4) is 0 Å². The van der Waals surface area contributed by atoms with E-state index in [-0.39, 0.29) is 22.5 Å². The maximum Gasteiger partial charge on any atom is 0.411 e. The maximum atomic E-state index is 12.4. The van der Waals surface area contributed by atoms with Crippen molar-refractivity contribution in [2.75, 3.05) is 6.61 Å². The Kier molecular flexibility index (Phi) is 2.99. The van der Waals surface area contributed by atoms with Gasteiger partial charge in [0.2, 0.25) is 0 Å². The summed E-state index contributed by atoms with van der Waals surface area (Å²) in [6.07, 6.45) is 3.02. The van der Waals surface area contributed by atoms with Gasteiger partial charge in [0.1, 0.15) is 0 Å². The average molecular weight is 251 g/mol. The molecule has 0 aliphatic heterocycles. The molecule has 2 saturated carbocycles. The summed E-state index contributed by atoms with van der Waals surface area (Å²) in [5, 5.41) is 2.55. The molecule has 4 heteroatoms. The molecule has 2 bridgehead atoms. The topological polar surface area (TPSA) is 55.4 Å². The number of Topliss-reactive ketones (excluding diaryl/α,β-unsaturated/α-hetero) is 1. The number of hydrogen-bond donors (Lipinski definition) is 1. The molecular weight excluding hydrogens is 230 g/mol. The summed E-state index contributed by atoms with van der Waals surface area (Å²) in [4.78, 5) is 23.7. The molecule has 0 saturated heterocycles. The fraction of sp³-hybridized carbons (Fsp3) is 0.714. The van der Waals surface area contributed by atoms with E-state index in [2.05, 4.69) is 19.2 Å². The number of allylic oxidation sites excluding steroid dienone is 1. The van der Waals surface area contributed by atoms with E-state index in [9.17, 15) is 9.59 Å². The van der Waals surface area contributed by atoms with Crippen LogP contribution in [0.5, 0.6) is 0 Å². The van der Waals surface area contributed by atoms with Crippen molar-refractivity contribution >= 4 is 11.9 Å². The Morgan fingerprint density at radius 2 is 2.17 bits per heavy atom. The number of ketones is 1. The summed E-state index contributed by atoms with van der Waals surface area (Å²) in [5.74, 6) is 0.428. The molecule has 2 atom stereocenters. The second-order valence-corrected chi connectivity index (χ2v) is 5.94. The van der Waals surface area contributed by atoms with Crippen molar-refractivity contribution in [3.63, 3.8) is 0 Å². The molecular formula is C14H21NO3. The van der Waals surface area contributed by atoms with E-state index in [0.717, 1.165) is 18.4 Å². The summed E-state index contributed by atoms with van der Waals surface area (Å²) < 4.78 is 4.79. The van der Waals surface area contributed by atoms with E-state index < -0.39 is 6.09 Å². The van der Waals surface area contributed by atoms with Crippen molar-refractivity contribution in [1.82, 2.24) is 5.32 Å². The number of hydrogen-bond acceptors (Lipinski definition) is 3. The molecule has 2 rings (SSSR count). The zero-order chi connectivity index (χ0) is 13.6. The molecule has 0 radical (unpaired) electrons. The SMILES string of the molecule is CCOC(=O)N/C=C1\C(=O)C2(C)CCC1C2(C)C. The number of amides is 1. The van der Waals surface area contributed by atoms with Crippen molar-refractivity contribution in [2.45, 2.75) is 40.5 Å². The van der Waals surface area contributed by atoms with Gasteiger partial charge in [0, 0.05) is 17.2 Å². The molecule has 0 spiro atoms. The van der Waals surface area contributed by atoms with Gasteiger partial charge in [0.05, 0.1) is 6.61 Å². The molecule has 0 aromatic rings. The summed E-state index contributed by atoms with van der Waals surface area (Å²) in [6.45, 7) is 8.41. The van der Waals surface area contributed by atoms with Crippen LogP contribution in [0.25, 0.3) is 0 Å². The number of carbonyl (C=O) groups is 2. The largest absolute Gasteiger partial charge is 0.450 e. The van der Waals surface area contributed by atoms with Crippen LogP contribution >= 0.6 is 0 Å². The van der Waals surface area contributed by atoms with Crippen LogP contribution in [0.1, 0.15) is 40.5 Å². The van der Waals surface area contributed by atoms with Gasteiger partial charge >= 0.3 is 6.09 Å². The molecule has 0 aromatic carbocycles. The minimum Gasteiger partial charge on any atom is -0.450 e. The fourth-order valence-electron chi connectivity index (χ4n) is 3.40. The Balaban J connectivity index is 2.20. The third kappa shape index (κ3) is 1.58. The summed E-state index contributed by atoms with van der Waals surface area (Å²) in [5.41, 5.74) is 0.452. The van der Waals surface area contributed by atoms with Gasteiger partial charge in [0.15, 0.2) is 5.78 Å². The summed E-state index contributed by atoms with van der Waals surface area (Å²) >= 11 is 0. The van der Waals surface area contributed by atoms with E-state index in [4.69, 9.17) is 4.74 Å². The van der Waals surface area contributed by atoms with Crippen LogP contribution < -0.4 is 5.32 Å². The first kappa shape index (κ1) is 13.1. The van der Waals surface area contributed by atoms with E-state index in [0.29, 0.717) is 6.61 Å². The van der Waals surface area contributed by atoms with E-state index in [1.54, 1.807) is 13.1 Å². The zero-order valence-corrected chi connectivity index (χ0v) is 11.5. The highest BCUT2D eigenvalue weighted by Gasteiger charge is 2.63. The predicted octanol–water partition coefficient (Wildman–Crippen LogP) is 2.64. The minimum atomic E-state index is -0.497. The van der Waals surface area contributed by atoms with Crippen LogP contribution in [-0.2, 0) is 9.53 Å². The molecule has 0 heterocycles. The Morgan fingerprint density at radius 3 is 2.67 bits per heavy atom. The monoisotopic (exact) mass is 251 g/mol. The molecule has 100 valence electrons. The van der Waals surface area contributed by atoms with E-state index in [1.165, 1.54) is 0 Å². The highest BCUT2D eigenvalue weighted by Crippen LogP contribution is 2.65. The highest BCUT2D eigenvalue weighted by molar-refractivity contribution is 6.04. The zero-order valence-electron chi connectivity index (χ0n) is 11.5. The van der Waals surface area contributed by atoms with Crippen molar-refractivity contribution in [3.05, 3.63) is 11.8 Å². The van der Waals surface area contributed by atoms with Gasteiger partial charge < -0.3 is 4.74 Å². The normalized spacial score (nSPS) is 35.0. The van der Waals surface area contributed by atoms with E-state index >= 15 is 0 Å². The standard InChI is InChI=1S/C14H21NO3/c1-5-18-12(17)15-8-9-10-6-7-14(4,11(9)16)13(10,2)3/h8,10H,5-7H2,1-4H3,(H,15,17)/b9-8-. The molecule has 1 amide bonds. The van der Waals surface area contributed by atoms with Crippen LogP contribution in [-0.4, -0.2) is 18.5 Å². The Morgan fingerprint density at radius 1 is 1.50 bits per heavy atom. The number of alkyl carbamates (subject to hydrolysis) is 1. The Hall–Kier alpha value is -1.32. The molecule has 4 nitrogen and oxygen atoms in total. The van der Waals surface area contributed by atoms with Crippen LogP contribution in [0, 0.1) is 16.7 Å². The van der Waals surface area contributed by atoms with Gasteiger partial charge in [-0.15, -0.1) is 0 Å². The van der Waals surface area contributed by atoms with Gasteiger partial charge in [-0.1, -0.05) is 20.8 Å². The fourth-order valence-corrected chi connectivity index (χ4v) is 3.40. The minimum absolute atomic E-state index is 0.0216. The molecule has 18 heavy (non-hydrogen) atoms. The second-order valence-electron chi connectivity index (χ2n) is 5.94. The number of rotatable bonds is 2. The lowest BCUT2D eigenvalue weighted by Crippen LogP contribution is -2.32. The summed E-state index contributed by atoms with van der Waals surface area (Å²) in [7, 11) is 0. The van der Waals surface area contributed by atoms with Crippen LogP contribution in [0.4, 0.5) is 4.79 Å². The van der Waals surface area contributed by atoms with Crippen LogP contribution in [0.15, 0.2) is 11.8 Å². The average Bonchev–Trinajstić information content (AvgIpc) is 2.60. The molecule has 2 aliphatic rings. The van der Waals surface area contributed by atoms with Gasteiger partial charge in [-0.25, -0.2) is 4.79 Å². The van der Waals surface area contributed by atoms with Gasteiger partial charge in [-0.3, -0.25) is 10.1 Å². The Bertz CT molecular complexity index is 425. The first-order chi connectivity index (χ1) is 8.34. The predicted molar refractivity (Wildman–Crippen MR) is 67.9 cm³/mol. The second kappa shape index (κ2) is 4.11. The highest BCUT2D eigenvalue weighted by atomic mass is 16.5. The molecule has 2 unspecified atom stereocenters.